The minimum atomic E-state index is -0.530. The van der Waals surface area contributed by atoms with Crippen molar-refractivity contribution in [2.24, 2.45) is 0 Å². The number of hydrogen-bond donors (Lipinski definition) is 1. The fourth-order valence-corrected chi connectivity index (χ4v) is 5.30. The van der Waals surface area contributed by atoms with E-state index in [1.54, 1.807) is 24.1 Å². The first-order valence-electron chi connectivity index (χ1n) is 9.66. The molecule has 0 saturated heterocycles. The quantitative estimate of drug-likeness (QED) is 0.810. The number of rotatable bonds is 3. The lowest BCUT2D eigenvalue weighted by molar-refractivity contribution is -0.137. The average molecular weight is 431 g/mol. The van der Waals surface area contributed by atoms with E-state index in [0.29, 0.717) is 30.1 Å². The number of hydrogen-bond acceptors (Lipinski definition) is 5. The van der Waals surface area contributed by atoms with Gasteiger partial charge in [0.25, 0.3) is 5.91 Å². The van der Waals surface area contributed by atoms with Crippen LogP contribution in [0, 0.1) is 5.82 Å². The lowest BCUT2D eigenvalue weighted by Crippen LogP contribution is -2.43. The molecule has 30 heavy (non-hydrogen) atoms. The van der Waals surface area contributed by atoms with Gasteiger partial charge in [0.05, 0.1) is 18.7 Å². The summed E-state index contributed by atoms with van der Waals surface area (Å²) in [6, 6.07) is 5.44. The van der Waals surface area contributed by atoms with Crippen LogP contribution in [0.5, 0.6) is 0 Å². The molecule has 0 radical (unpaired) electrons. The average Bonchev–Trinajstić information content (AvgIpc) is 3.00. The summed E-state index contributed by atoms with van der Waals surface area (Å²) in [4.78, 5) is 44.1. The molecule has 1 unspecified atom stereocenters. The molecular weight excluding hydrogens is 407 g/mol. The molecule has 2 aliphatic rings. The van der Waals surface area contributed by atoms with Crippen LogP contribution in [0.4, 0.5) is 9.39 Å². The minimum Gasteiger partial charge on any atom is -0.336 e. The lowest BCUT2D eigenvalue weighted by Gasteiger charge is -2.33. The van der Waals surface area contributed by atoms with E-state index in [-0.39, 0.29) is 30.1 Å². The van der Waals surface area contributed by atoms with Crippen LogP contribution in [0.15, 0.2) is 24.3 Å². The Bertz CT molecular complexity index is 1020. The van der Waals surface area contributed by atoms with E-state index in [9.17, 15) is 18.8 Å². The molecule has 1 aromatic carbocycles. The zero-order valence-electron chi connectivity index (χ0n) is 17.1. The van der Waals surface area contributed by atoms with Gasteiger partial charge in [0.15, 0.2) is 0 Å². The molecule has 2 aromatic rings. The fourth-order valence-electron chi connectivity index (χ4n) is 4.03. The largest absolute Gasteiger partial charge is 0.336 e. The van der Waals surface area contributed by atoms with Gasteiger partial charge in [-0.25, -0.2) is 4.39 Å². The molecule has 0 bridgehead atoms. The highest BCUT2D eigenvalue weighted by molar-refractivity contribution is 7.17. The SMILES string of the molecule is CN1CC(=O)Nc2sc3c(c2C1=O)CCN(C(=O)C(c1ccc(F)cc1)N(C)C)C3. The maximum absolute atomic E-state index is 13.4. The van der Waals surface area contributed by atoms with Crippen molar-refractivity contribution in [1.82, 2.24) is 14.7 Å². The molecule has 2 aliphatic heterocycles. The zero-order chi connectivity index (χ0) is 21.6. The molecule has 158 valence electrons. The number of amides is 3. The third-order valence-corrected chi connectivity index (χ3v) is 6.63. The van der Waals surface area contributed by atoms with Crippen LogP contribution >= 0.6 is 11.3 Å². The highest BCUT2D eigenvalue weighted by atomic mass is 32.1. The smallest absolute Gasteiger partial charge is 0.257 e. The number of nitrogens with zero attached hydrogens (tertiary/aromatic N) is 3. The summed E-state index contributed by atoms with van der Waals surface area (Å²) in [5, 5.41) is 3.39. The summed E-state index contributed by atoms with van der Waals surface area (Å²) in [5.74, 6) is -0.811. The van der Waals surface area contributed by atoms with E-state index in [2.05, 4.69) is 5.32 Å². The topological polar surface area (TPSA) is 73.0 Å². The number of likely N-dealkylation sites (N-methyl/N-ethyl adjacent to an activating group) is 2. The van der Waals surface area contributed by atoms with Crippen molar-refractivity contribution in [1.29, 1.82) is 0 Å². The Balaban J connectivity index is 1.62. The van der Waals surface area contributed by atoms with Crippen LogP contribution in [0.2, 0.25) is 0 Å². The summed E-state index contributed by atoms with van der Waals surface area (Å²) < 4.78 is 13.3. The third-order valence-electron chi connectivity index (χ3n) is 5.50. The molecule has 0 saturated carbocycles. The Hall–Kier alpha value is -2.78. The van der Waals surface area contributed by atoms with E-state index in [0.717, 1.165) is 16.0 Å². The monoisotopic (exact) mass is 430 g/mol. The van der Waals surface area contributed by atoms with Gasteiger partial charge < -0.3 is 15.1 Å². The molecule has 9 heteroatoms. The van der Waals surface area contributed by atoms with Gasteiger partial charge in [-0.2, -0.15) is 0 Å². The molecule has 0 spiro atoms. The van der Waals surface area contributed by atoms with Gasteiger partial charge in [-0.3, -0.25) is 19.3 Å². The van der Waals surface area contributed by atoms with Gasteiger partial charge in [-0.15, -0.1) is 11.3 Å². The number of nitrogens with one attached hydrogen (secondary N) is 1. The third kappa shape index (κ3) is 3.59. The fraction of sp³-hybridized carbons (Fsp3) is 0.381. The molecule has 0 fully saturated rings. The summed E-state index contributed by atoms with van der Waals surface area (Å²) in [6.45, 7) is 0.886. The number of halogens is 1. The van der Waals surface area contributed by atoms with Crippen molar-refractivity contribution in [3.63, 3.8) is 0 Å². The second-order valence-electron chi connectivity index (χ2n) is 7.84. The maximum atomic E-state index is 13.4. The maximum Gasteiger partial charge on any atom is 0.257 e. The molecule has 3 heterocycles. The molecule has 1 atom stereocenters. The summed E-state index contributed by atoms with van der Waals surface area (Å²) >= 11 is 1.36. The van der Waals surface area contributed by atoms with Gasteiger partial charge in [0, 0.05) is 18.5 Å². The number of fused-ring (bicyclic) bond motifs is 3. The number of thiophene rings is 1. The Kier molecular flexibility index (Phi) is 5.33. The Morgan fingerprint density at radius 1 is 1.20 bits per heavy atom. The van der Waals surface area contributed by atoms with E-state index < -0.39 is 6.04 Å². The van der Waals surface area contributed by atoms with Gasteiger partial charge >= 0.3 is 0 Å². The van der Waals surface area contributed by atoms with E-state index >= 15 is 0 Å². The standard InChI is InChI=1S/C21H23FN4O3S/c1-24(2)18(12-4-6-13(22)7-5-12)21(29)26-9-8-14-15(10-26)30-19-17(14)20(28)25(3)11-16(27)23-19/h4-7,18H,8-11H2,1-3H3,(H,23,27). The van der Waals surface area contributed by atoms with E-state index in [1.165, 1.54) is 28.4 Å². The van der Waals surface area contributed by atoms with Crippen molar-refractivity contribution >= 4 is 34.1 Å². The number of carbonyl (C=O) groups excluding carboxylic acids is 3. The van der Waals surface area contributed by atoms with E-state index in [4.69, 9.17) is 0 Å². The van der Waals surface area contributed by atoms with Gasteiger partial charge in [0.1, 0.15) is 16.9 Å². The van der Waals surface area contributed by atoms with Crippen molar-refractivity contribution in [3.8, 4) is 0 Å². The number of carbonyl (C=O) groups is 3. The zero-order valence-corrected chi connectivity index (χ0v) is 17.9. The van der Waals surface area contributed by atoms with Crippen LogP contribution in [0.1, 0.15) is 32.4 Å². The van der Waals surface area contributed by atoms with Crippen LogP contribution in [-0.2, 0) is 22.6 Å². The normalized spacial score (nSPS) is 17.4. The van der Waals surface area contributed by atoms with Crippen molar-refractivity contribution in [2.45, 2.75) is 19.0 Å². The van der Waals surface area contributed by atoms with Crippen LogP contribution < -0.4 is 5.32 Å². The van der Waals surface area contributed by atoms with Crippen LogP contribution in [-0.4, -0.2) is 66.7 Å². The second-order valence-corrected chi connectivity index (χ2v) is 8.95. The minimum absolute atomic E-state index is 0.0296. The first kappa shape index (κ1) is 20.5. The van der Waals surface area contributed by atoms with Crippen molar-refractivity contribution in [3.05, 3.63) is 51.7 Å². The van der Waals surface area contributed by atoms with Gasteiger partial charge in [-0.05, 0) is 43.8 Å². The predicted octanol–water partition coefficient (Wildman–Crippen LogP) is 2.10. The Morgan fingerprint density at radius 2 is 1.90 bits per heavy atom. The summed E-state index contributed by atoms with van der Waals surface area (Å²) in [6.07, 6.45) is 0.548. The first-order valence-corrected chi connectivity index (χ1v) is 10.5. The van der Waals surface area contributed by atoms with Gasteiger partial charge in [0.2, 0.25) is 11.8 Å². The molecule has 0 aliphatic carbocycles. The van der Waals surface area contributed by atoms with Crippen LogP contribution in [0.25, 0.3) is 0 Å². The number of anilines is 1. The summed E-state index contributed by atoms with van der Waals surface area (Å²) in [5.41, 5.74) is 2.20. The van der Waals surface area contributed by atoms with Crippen molar-refractivity contribution < 1.29 is 18.8 Å². The molecule has 4 rings (SSSR count). The molecule has 7 nitrogen and oxygen atoms in total. The molecular formula is C21H23FN4O3S. The molecule has 3 amide bonds. The highest BCUT2D eigenvalue weighted by Gasteiger charge is 2.36. The second kappa shape index (κ2) is 7.81. The van der Waals surface area contributed by atoms with Crippen molar-refractivity contribution in [2.75, 3.05) is 39.5 Å². The number of benzene rings is 1. The highest BCUT2D eigenvalue weighted by Crippen LogP contribution is 2.39. The first-order chi connectivity index (χ1) is 14.3. The Labute approximate surface area is 178 Å². The molecule has 1 N–H and O–H groups in total. The van der Waals surface area contributed by atoms with E-state index in [1.807, 2.05) is 19.0 Å². The predicted molar refractivity (Wildman–Crippen MR) is 112 cm³/mol. The van der Waals surface area contributed by atoms with Gasteiger partial charge in [-0.1, -0.05) is 12.1 Å². The molecule has 1 aromatic heterocycles. The van der Waals surface area contributed by atoms with Crippen LogP contribution in [0.3, 0.4) is 0 Å². The summed E-state index contributed by atoms with van der Waals surface area (Å²) in [7, 11) is 5.25. The Morgan fingerprint density at radius 3 is 2.57 bits per heavy atom. The lowest BCUT2D eigenvalue weighted by atomic mass is 9.99.